The van der Waals surface area contributed by atoms with Crippen LogP contribution in [-0.2, 0) is 28.6 Å². The van der Waals surface area contributed by atoms with Gasteiger partial charge in [-0.1, -0.05) is 12.7 Å². The summed E-state index contributed by atoms with van der Waals surface area (Å²) in [5, 5.41) is 9.71. The number of carbonyl (C=O) groups excluding carboxylic acids is 3. The maximum atomic E-state index is 12.5. The summed E-state index contributed by atoms with van der Waals surface area (Å²) < 4.78 is 16.0. The molecule has 1 heterocycles. The first-order chi connectivity index (χ1) is 13.3. The van der Waals surface area contributed by atoms with Crippen LogP contribution in [0.4, 0.5) is 0 Å². The maximum absolute atomic E-state index is 12.5. The van der Waals surface area contributed by atoms with Gasteiger partial charge in [-0.05, 0) is 42.6 Å². The van der Waals surface area contributed by atoms with E-state index < -0.39 is 36.0 Å². The van der Waals surface area contributed by atoms with E-state index in [0.29, 0.717) is 18.4 Å². The number of rotatable bonds is 5. The number of fused-ring (bicyclic) bond motifs is 3. The number of ether oxygens (including phenoxy) is 3. The molecule has 0 aromatic carbocycles. The molecule has 1 saturated heterocycles. The lowest BCUT2D eigenvalue weighted by Crippen LogP contribution is -2.41. The molecule has 0 aromatic heterocycles. The largest absolute Gasteiger partial charge is 0.462 e. The van der Waals surface area contributed by atoms with Crippen molar-refractivity contribution >= 4 is 17.9 Å². The Kier molecular flexibility index (Phi) is 5.84. The van der Waals surface area contributed by atoms with Crippen molar-refractivity contribution in [1.29, 1.82) is 0 Å². The number of aliphatic hydroxyl groups excluding tert-OH is 1. The van der Waals surface area contributed by atoms with Crippen molar-refractivity contribution in [1.82, 2.24) is 0 Å². The van der Waals surface area contributed by atoms with Gasteiger partial charge in [-0.15, -0.1) is 0 Å². The number of aliphatic hydroxyl groups is 1. The fraction of sp³-hybridized carbons (Fsp3) is 0.476. The predicted molar refractivity (Wildman–Crippen MR) is 98.8 cm³/mol. The lowest BCUT2D eigenvalue weighted by Gasteiger charge is -2.38. The minimum Gasteiger partial charge on any atom is -0.462 e. The first kappa shape index (κ1) is 20.1. The molecule has 0 aromatic rings. The monoisotopic (exact) mass is 388 g/mol. The van der Waals surface area contributed by atoms with Gasteiger partial charge in [0.1, 0.15) is 18.8 Å². The molecular weight excluding hydrogens is 364 g/mol. The highest BCUT2D eigenvalue weighted by Crippen LogP contribution is 2.47. The molecule has 2 aliphatic carbocycles. The molecule has 3 atom stereocenters. The summed E-state index contributed by atoms with van der Waals surface area (Å²) in [4.78, 5) is 35.5. The Balaban J connectivity index is 1.82. The molecule has 3 rings (SSSR count). The molecule has 0 radical (unpaired) electrons. The van der Waals surface area contributed by atoms with Gasteiger partial charge in [-0.2, -0.15) is 0 Å². The molecule has 0 amide bonds. The minimum atomic E-state index is -0.596. The van der Waals surface area contributed by atoms with E-state index >= 15 is 0 Å². The Morgan fingerprint density at radius 1 is 1.39 bits per heavy atom. The average molecular weight is 388 g/mol. The first-order valence-electron chi connectivity index (χ1n) is 9.26. The van der Waals surface area contributed by atoms with Crippen LogP contribution < -0.4 is 0 Å². The van der Waals surface area contributed by atoms with Gasteiger partial charge < -0.3 is 19.3 Å². The summed E-state index contributed by atoms with van der Waals surface area (Å²) in [5.41, 5.74) is 3.23. The van der Waals surface area contributed by atoms with Gasteiger partial charge in [0.25, 0.3) is 0 Å². The molecule has 7 heteroatoms. The van der Waals surface area contributed by atoms with Crippen LogP contribution in [0.5, 0.6) is 0 Å². The Bertz CT molecular complexity index is 815. The zero-order valence-corrected chi connectivity index (χ0v) is 16.0. The van der Waals surface area contributed by atoms with E-state index in [0.717, 1.165) is 23.1 Å². The van der Waals surface area contributed by atoms with Crippen molar-refractivity contribution in [3.8, 4) is 0 Å². The average Bonchev–Trinajstić information content (AvgIpc) is 2.95. The highest BCUT2D eigenvalue weighted by molar-refractivity contribution is 5.92. The quantitative estimate of drug-likeness (QED) is 0.436. The topological polar surface area (TPSA) is 99.1 Å². The van der Waals surface area contributed by atoms with Crippen molar-refractivity contribution in [2.24, 2.45) is 5.92 Å². The fourth-order valence-electron chi connectivity index (χ4n) is 3.93. The Hall–Kier alpha value is -2.67. The van der Waals surface area contributed by atoms with Crippen molar-refractivity contribution in [2.75, 3.05) is 13.2 Å². The number of allylic oxidation sites excluding steroid dienone is 1. The number of esters is 3. The molecule has 3 unspecified atom stereocenters. The lowest BCUT2D eigenvalue weighted by molar-refractivity contribution is -0.148. The molecular formula is C21H24O7. The summed E-state index contributed by atoms with van der Waals surface area (Å²) in [6, 6.07) is 0. The van der Waals surface area contributed by atoms with Crippen LogP contribution in [0.3, 0.4) is 0 Å². The normalized spacial score (nSPS) is 26.9. The SMILES string of the molecule is C=C1C(=O)OC2C3=C(CO)CCC=C3CC(OC(=O)C(C)=CCOC(C)=O)C12. The van der Waals surface area contributed by atoms with Gasteiger partial charge in [-0.3, -0.25) is 4.79 Å². The minimum absolute atomic E-state index is 0.0147. The van der Waals surface area contributed by atoms with Crippen LogP contribution in [-0.4, -0.2) is 48.4 Å². The Morgan fingerprint density at radius 2 is 2.14 bits per heavy atom. The van der Waals surface area contributed by atoms with Crippen molar-refractivity contribution < 1.29 is 33.7 Å². The van der Waals surface area contributed by atoms with Gasteiger partial charge in [-0.25, -0.2) is 9.59 Å². The van der Waals surface area contributed by atoms with E-state index in [1.165, 1.54) is 13.0 Å². The predicted octanol–water partition coefficient (Wildman–Crippen LogP) is 1.92. The van der Waals surface area contributed by atoms with Crippen molar-refractivity contribution in [3.05, 3.63) is 46.6 Å². The Labute approximate surface area is 163 Å². The highest BCUT2D eigenvalue weighted by atomic mass is 16.6. The zero-order valence-electron chi connectivity index (χ0n) is 16.0. The lowest BCUT2D eigenvalue weighted by atomic mass is 9.72. The van der Waals surface area contributed by atoms with E-state index in [4.69, 9.17) is 14.2 Å². The Morgan fingerprint density at radius 3 is 2.82 bits per heavy atom. The van der Waals surface area contributed by atoms with Crippen LogP contribution in [0, 0.1) is 5.92 Å². The van der Waals surface area contributed by atoms with Gasteiger partial charge in [0.15, 0.2) is 0 Å². The van der Waals surface area contributed by atoms with Crippen molar-refractivity contribution in [2.45, 2.75) is 45.3 Å². The van der Waals surface area contributed by atoms with E-state index in [2.05, 4.69) is 6.58 Å². The number of hydrogen-bond acceptors (Lipinski definition) is 7. The van der Waals surface area contributed by atoms with Crippen LogP contribution in [0.15, 0.2) is 46.6 Å². The third-order valence-corrected chi connectivity index (χ3v) is 5.34. The third-order valence-electron chi connectivity index (χ3n) is 5.34. The summed E-state index contributed by atoms with van der Waals surface area (Å²) in [7, 11) is 0. The van der Waals surface area contributed by atoms with E-state index in [1.54, 1.807) is 6.92 Å². The van der Waals surface area contributed by atoms with E-state index in [1.807, 2.05) is 6.08 Å². The summed E-state index contributed by atoms with van der Waals surface area (Å²) in [6.45, 7) is 6.59. The van der Waals surface area contributed by atoms with Gasteiger partial charge >= 0.3 is 17.9 Å². The van der Waals surface area contributed by atoms with E-state index in [-0.39, 0.29) is 18.8 Å². The van der Waals surface area contributed by atoms with Gasteiger partial charge in [0, 0.05) is 24.5 Å². The second kappa shape index (κ2) is 8.14. The first-order valence-corrected chi connectivity index (χ1v) is 9.26. The van der Waals surface area contributed by atoms with Crippen LogP contribution in [0.1, 0.15) is 33.1 Å². The molecule has 0 spiro atoms. The second-order valence-electron chi connectivity index (χ2n) is 7.16. The number of hydrogen-bond donors (Lipinski definition) is 1. The maximum Gasteiger partial charge on any atom is 0.334 e. The summed E-state index contributed by atoms with van der Waals surface area (Å²) in [6.07, 6.45) is 4.26. The molecule has 3 aliphatic rings. The van der Waals surface area contributed by atoms with E-state index in [9.17, 15) is 19.5 Å². The molecule has 28 heavy (non-hydrogen) atoms. The van der Waals surface area contributed by atoms with Crippen LogP contribution >= 0.6 is 0 Å². The molecule has 7 nitrogen and oxygen atoms in total. The standard InChI is InChI=1S/C21H24O7/c1-11(7-8-26-13(3)23)20(24)27-16-9-14-5-4-6-15(10-22)18(14)19-17(16)12(2)21(25)28-19/h5,7,16-17,19,22H,2,4,6,8-10H2,1,3H3. The molecule has 2 fully saturated rings. The second-order valence-corrected chi connectivity index (χ2v) is 7.16. The summed E-state index contributed by atoms with van der Waals surface area (Å²) >= 11 is 0. The van der Waals surface area contributed by atoms with Gasteiger partial charge in [0.2, 0.25) is 0 Å². The van der Waals surface area contributed by atoms with Crippen LogP contribution in [0.2, 0.25) is 0 Å². The molecule has 0 bridgehead atoms. The van der Waals surface area contributed by atoms with Crippen molar-refractivity contribution in [3.63, 3.8) is 0 Å². The summed E-state index contributed by atoms with van der Waals surface area (Å²) in [5.74, 6) is -1.97. The van der Waals surface area contributed by atoms with Crippen LogP contribution in [0.25, 0.3) is 0 Å². The third kappa shape index (κ3) is 3.80. The smallest absolute Gasteiger partial charge is 0.334 e. The number of carbonyl (C=O) groups is 3. The van der Waals surface area contributed by atoms with Gasteiger partial charge in [0.05, 0.1) is 12.5 Å². The molecule has 1 saturated carbocycles. The fourth-order valence-corrected chi connectivity index (χ4v) is 3.93. The highest BCUT2D eigenvalue weighted by Gasteiger charge is 2.51. The molecule has 1 N–H and O–H groups in total. The molecule has 1 aliphatic heterocycles. The molecule has 150 valence electrons. The zero-order chi connectivity index (χ0) is 20.4.